The molecule has 0 heterocycles. The first-order valence-corrected chi connectivity index (χ1v) is 7.63. The fourth-order valence-electron chi connectivity index (χ4n) is 1.93. The van der Waals surface area contributed by atoms with E-state index in [4.69, 9.17) is 26.2 Å². The number of carboxylic acid groups (broad SMARTS) is 1. The molecule has 0 aliphatic heterocycles. The summed E-state index contributed by atoms with van der Waals surface area (Å²) in [6.45, 7) is 7.04. The van der Waals surface area contributed by atoms with Crippen LogP contribution in [0.2, 0.25) is 5.02 Å². The van der Waals surface area contributed by atoms with Crippen molar-refractivity contribution in [3.05, 3.63) is 22.7 Å². The van der Waals surface area contributed by atoms with E-state index in [1.54, 1.807) is 21.0 Å². The van der Waals surface area contributed by atoms with Crippen LogP contribution in [-0.2, 0) is 11.3 Å². The van der Waals surface area contributed by atoms with Gasteiger partial charge in [0, 0.05) is 6.54 Å². The van der Waals surface area contributed by atoms with Gasteiger partial charge in [-0.25, -0.2) is 0 Å². The third-order valence-electron chi connectivity index (χ3n) is 3.41. The van der Waals surface area contributed by atoms with Crippen molar-refractivity contribution in [2.75, 3.05) is 20.3 Å². The lowest BCUT2D eigenvalue weighted by molar-refractivity contribution is -0.147. The van der Waals surface area contributed by atoms with E-state index >= 15 is 0 Å². The Morgan fingerprint density at radius 2 is 2.09 bits per heavy atom. The van der Waals surface area contributed by atoms with Crippen molar-refractivity contribution in [3.8, 4) is 11.5 Å². The molecule has 0 saturated heterocycles. The summed E-state index contributed by atoms with van der Waals surface area (Å²) in [7, 11) is 1.55. The first-order chi connectivity index (χ1) is 10.3. The first kappa shape index (κ1) is 18.6. The molecule has 0 atom stereocenters. The second-order valence-corrected chi connectivity index (χ2v) is 6.07. The molecule has 0 aromatic heterocycles. The minimum atomic E-state index is -0.791. The van der Waals surface area contributed by atoms with Gasteiger partial charge in [-0.1, -0.05) is 11.6 Å². The fourth-order valence-corrected chi connectivity index (χ4v) is 2.24. The first-order valence-electron chi connectivity index (χ1n) is 7.25. The molecule has 1 aromatic rings. The summed E-state index contributed by atoms with van der Waals surface area (Å²) in [6.07, 6.45) is 0.546. The number of halogens is 1. The molecule has 0 radical (unpaired) electrons. The average Bonchev–Trinajstić information content (AvgIpc) is 2.43. The summed E-state index contributed by atoms with van der Waals surface area (Å²) in [6, 6.07) is 3.70. The summed E-state index contributed by atoms with van der Waals surface area (Å²) in [5, 5.41) is 12.8. The second kappa shape index (κ2) is 8.25. The minimum absolute atomic E-state index is 0.496. The standard InChI is InChI=1S/C16H24ClNO4/c1-5-22-13-9-11(8-12(17)14(13)21-4)10-18-7-6-16(2,3)15(19)20/h8-9,18H,5-7,10H2,1-4H3,(H,19,20). The van der Waals surface area contributed by atoms with Crippen LogP contribution in [0.15, 0.2) is 12.1 Å². The SMILES string of the molecule is CCOc1cc(CNCCC(C)(C)C(=O)O)cc(Cl)c1OC. The van der Waals surface area contributed by atoms with Crippen LogP contribution in [0.1, 0.15) is 32.8 Å². The average molecular weight is 330 g/mol. The summed E-state index contributed by atoms with van der Waals surface area (Å²) in [5.41, 5.74) is 0.225. The Kier molecular flexibility index (Phi) is 6.97. The van der Waals surface area contributed by atoms with Crippen LogP contribution in [0.3, 0.4) is 0 Å². The normalized spacial score (nSPS) is 11.3. The Morgan fingerprint density at radius 3 is 2.64 bits per heavy atom. The number of hydrogen-bond donors (Lipinski definition) is 2. The molecule has 0 aliphatic rings. The van der Waals surface area contributed by atoms with Gasteiger partial charge < -0.3 is 19.9 Å². The maximum Gasteiger partial charge on any atom is 0.309 e. The molecule has 0 bridgehead atoms. The molecule has 0 aliphatic carbocycles. The Balaban J connectivity index is 2.65. The molecule has 1 rings (SSSR count). The van der Waals surface area contributed by atoms with E-state index in [0.717, 1.165) is 5.56 Å². The van der Waals surface area contributed by atoms with Gasteiger partial charge in [0.15, 0.2) is 11.5 Å². The molecule has 0 amide bonds. The maximum atomic E-state index is 11.0. The predicted molar refractivity (Wildman–Crippen MR) is 86.9 cm³/mol. The zero-order chi connectivity index (χ0) is 16.8. The summed E-state index contributed by atoms with van der Waals surface area (Å²) < 4.78 is 10.8. The van der Waals surface area contributed by atoms with Gasteiger partial charge in [-0.2, -0.15) is 0 Å². The van der Waals surface area contributed by atoms with Gasteiger partial charge >= 0.3 is 5.97 Å². The number of aliphatic carboxylic acids is 1. The van der Waals surface area contributed by atoms with Crippen molar-refractivity contribution in [1.29, 1.82) is 0 Å². The van der Waals surface area contributed by atoms with Crippen molar-refractivity contribution < 1.29 is 19.4 Å². The quantitative estimate of drug-likeness (QED) is 0.680. The van der Waals surface area contributed by atoms with Crippen molar-refractivity contribution >= 4 is 17.6 Å². The van der Waals surface area contributed by atoms with Gasteiger partial charge in [-0.3, -0.25) is 4.79 Å². The highest BCUT2D eigenvalue weighted by molar-refractivity contribution is 6.32. The molecule has 1 aromatic carbocycles. The van der Waals surface area contributed by atoms with Crippen molar-refractivity contribution in [2.24, 2.45) is 5.41 Å². The lowest BCUT2D eigenvalue weighted by atomic mass is 9.90. The van der Waals surface area contributed by atoms with E-state index in [0.29, 0.717) is 42.6 Å². The Morgan fingerprint density at radius 1 is 1.41 bits per heavy atom. The van der Waals surface area contributed by atoms with Crippen LogP contribution in [0.25, 0.3) is 0 Å². The molecule has 22 heavy (non-hydrogen) atoms. The third kappa shape index (κ3) is 5.07. The highest BCUT2D eigenvalue weighted by atomic mass is 35.5. The van der Waals surface area contributed by atoms with Crippen molar-refractivity contribution in [3.63, 3.8) is 0 Å². The van der Waals surface area contributed by atoms with E-state index < -0.39 is 11.4 Å². The van der Waals surface area contributed by atoms with E-state index in [9.17, 15) is 4.79 Å². The molecule has 5 nitrogen and oxygen atoms in total. The molecule has 0 saturated carbocycles. The maximum absolute atomic E-state index is 11.0. The van der Waals surface area contributed by atoms with Crippen LogP contribution < -0.4 is 14.8 Å². The zero-order valence-corrected chi connectivity index (χ0v) is 14.3. The Labute approximate surface area is 136 Å². The van der Waals surface area contributed by atoms with Gasteiger partial charge in [-0.05, 0) is 51.4 Å². The lowest BCUT2D eigenvalue weighted by Crippen LogP contribution is -2.28. The topological polar surface area (TPSA) is 67.8 Å². The van der Waals surface area contributed by atoms with E-state index in [1.807, 2.05) is 19.1 Å². The number of methoxy groups -OCH3 is 1. The molecule has 6 heteroatoms. The second-order valence-electron chi connectivity index (χ2n) is 5.66. The number of ether oxygens (including phenoxy) is 2. The van der Waals surface area contributed by atoms with Crippen LogP contribution in [0.5, 0.6) is 11.5 Å². The fraction of sp³-hybridized carbons (Fsp3) is 0.562. The zero-order valence-electron chi connectivity index (χ0n) is 13.5. The molecule has 2 N–H and O–H groups in total. The number of nitrogens with one attached hydrogen (secondary N) is 1. The van der Waals surface area contributed by atoms with Gasteiger partial charge in [0.1, 0.15) is 0 Å². The molecular weight excluding hydrogens is 306 g/mol. The predicted octanol–water partition coefficient (Wildman–Crippen LogP) is 3.34. The molecule has 0 unspecified atom stereocenters. The van der Waals surface area contributed by atoms with Crippen molar-refractivity contribution in [2.45, 2.75) is 33.7 Å². The van der Waals surface area contributed by atoms with Crippen LogP contribution in [0.4, 0.5) is 0 Å². The van der Waals surface area contributed by atoms with E-state index in [1.165, 1.54) is 0 Å². The smallest absolute Gasteiger partial charge is 0.309 e. The lowest BCUT2D eigenvalue weighted by Gasteiger charge is -2.19. The monoisotopic (exact) mass is 329 g/mol. The Bertz CT molecular complexity index is 517. The molecule has 124 valence electrons. The highest BCUT2D eigenvalue weighted by Crippen LogP contribution is 2.36. The largest absolute Gasteiger partial charge is 0.491 e. The third-order valence-corrected chi connectivity index (χ3v) is 3.69. The van der Waals surface area contributed by atoms with E-state index in [2.05, 4.69) is 5.32 Å². The summed E-state index contributed by atoms with van der Waals surface area (Å²) in [4.78, 5) is 11.0. The molecular formula is C16H24ClNO4. The number of hydrogen-bond acceptors (Lipinski definition) is 4. The van der Waals surface area contributed by atoms with Crippen LogP contribution in [0, 0.1) is 5.41 Å². The van der Waals surface area contributed by atoms with E-state index in [-0.39, 0.29) is 0 Å². The van der Waals surface area contributed by atoms with Gasteiger partial charge in [-0.15, -0.1) is 0 Å². The number of carbonyl (C=O) groups is 1. The van der Waals surface area contributed by atoms with Gasteiger partial charge in [0.05, 0.1) is 24.2 Å². The number of carboxylic acids is 1. The number of rotatable bonds is 9. The van der Waals surface area contributed by atoms with Crippen LogP contribution >= 0.6 is 11.6 Å². The molecule has 0 fully saturated rings. The van der Waals surface area contributed by atoms with Gasteiger partial charge in [0.25, 0.3) is 0 Å². The minimum Gasteiger partial charge on any atom is -0.491 e. The highest BCUT2D eigenvalue weighted by Gasteiger charge is 2.26. The molecule has 0 spiro atoms. The van der Waals surface area contributed by atoms with Crippen LogP contribution in [-0.4, -0.2) is 31.3 Å². The summed E-state index contributed by atoms with van der Waals surface area (Å²) in [5.74, 6) is 0.347. The van der Waals surface area contributed by atoms with Crippen molar-refractivity contribution in [1.82, 2.24) is 5.32 Å². The summed E-state index contributed by atoms with van der Waals surface area (Å²) >= 11 is 6.19. The number of benzene rings is 1. The Hall–Kier alpha value is -1.46. The van der Waals surface area contributed by atoms with Gasteiger partial charge in [0.2, 0.25) is 0 Å².